The summed E-state index contributed by atoms with van der Waals surface area (Å²) in [6, 6.07) is 5.89. The SMILES string of the molecule is COC(=O)NCC(C)(C)c1ccc2oc(C)nc2c1. The molecule has 0 unspecified atom stereocenters. The fraction of sp³-hybridized carbons (Fsp3) is 0.429. The Morgan fingerprint density at radius 2 is 2.21 bits per heavy atom. The molecule has 0 saturated carbocycles. The molecule has 2 rings (SSSR count). The van der Waals surface area contributed by atoms with E-state index in [2.05, 4.69) is 28.9 Å². The second-order valence-electron chi connectivity index (χ2n) is 5.14. The third kappa shape index (κ3) is 2.86. The lowest BCUT2D eigenvalue weighted by Crippen LogP contribution is -2.36. The number of fused-ring (bicyclic) bond motifs is 1. The normalized spacial score (nSPS) is 11.6. The van der Waals surface area contributed by atoms with Crippen LogP contribution in [-0.4, -0.2) is 24.7 Å². The molecule has 1 heterocycles. The van der Waals surface area contributed by atoms with E-state index in [1.165, 1.54) is 7.11 Å². The molecule has 1 aromatic heterocycles. The van der Waals surface area contributed by atoms with Gasteiger partial charge >= 0.3 is 6.09 Å². The summed E-state index contributed by atoms with van der Waals surface area (Å²) in [5.74, 6) is 0.651. The Kier molecular flexibility index (Phi) is 3.46. The smallest absolute Gasteiger partial charge is 0.406 e. The zero-order chi connectivity index (χ0) is 14.0. The number of alkyl carbamates (subject to hydrolysis) is 1. The summed E-state index contributed by atoms with van der Waals surface area (Å²) in [5, 5.41) is 2.72. The van der Waals surface area contributed by atoms with Crippen LogP contribution in [-0.2, 0) is 10.2 Å². The Labute approximate surface area is 112 Å². The average molecular weight is 262 g/mol. The van der Waals surface area contributed by atoms with Crippen LogP contribution in [0.4, 0.5) is 4.79 Å². The minimum atomic E-state index is -0.425. The minimum Gasteiger partial charge on any atom is -0.453 e. The fourth-order valence-corrected chi connectivity index (χ4v) is 1.93. The van der Waals surface area contributed by atoms with Gasteiger partial charge in [-0.1, -0.05) is 19.9 Å². The number of carbonyl (C=O) groups excluding carboxylic acids is 1. The topological polar surface area (TPSA) is 64.4 Å². The zero-order valence-corrected chi connectivity index (χ0v) is 11.6. The molecule has 2 aromatic rings. The van der Waals surface area contributed by atoms with Gasteiger partial charge in [-0.05, 0) is 17.7 Å². The number of aryl methyl sites for hydroxylation is 1. The van der Waals surface area contributed by atoms with Crippen LogP contribution in [0.2, 0.25) is 0 Å². The molecule has 0 aliphatic carbocycles. The number of rotatable bonds is 3. The van der Waals surface area contributed by atoms with Gasteiger partial charge in [0.25, 0.3) is 0 Å². The molecule has 5 heteroatoms. The first-order valence-electron chi connectivity index (χ1n) is 6.12. The summed E-state index contributed by atoms with van der Waals surface area (Å²) in [5.41, 5.74) is 2.48. The van der Waals surface area contributed by atoms with Crippen molar-refractivity contribution < 1.29 is 13.9 Å². The van der Waals surface area contributed by atoms with Crippen molar-refractivity contribution in [3.05, 3.63) is 29.7 Å². The van der Waals surface area contributed by atoms with Gasteiger partial charge in [-0.25, -0.2) is 9.78 Å². The number of nitrogens with one attached hydrogen (secondary N) is 1. The van der Waals surface area contributed by atoms with E-state index in [-0.39, 0.29) is 5.41 Å². The monoisotopic (exact) mass is 262 g/mol. The molecule has 0 fully saturated rings. The van der Waals surface area contributed by atoms with Crippen molar-refractivity contribution in [3.8, 4) is 0 Å². The second kappa shape index (κ2) is 4.91. The van der Waals surface area contributed by atoms with Gasteiger partial charge in [-0.3, -0.25) is 0 Å². The maximum absolute atomic E-state index is 11.1. The van der Waals surface area contributed by atoms with Gasteiger partial charge in [0, 0.05) is 18.9 Å². The highest BCUT2D eigenvalue weighted by molar-refractivity contribution is 5.74. The van der Waals surface area contributed by atoms with E-state index in [0.717, 1.165) is 16.7 Å². The number of hydrogen-bond donors (Lipinski definition) is 1. The molecular weight excluding hydrogens is 244 g/mol. The largest absolute Gasteiger partial charge is 0.453 e. The number of carbonyl (C=O) groups is 1. The Balaban J connectivity index is 2.23. The van der Waals surface area contributed by atoms with Crippen molar-refractivity contribution in [2.24, 2.45) is 0 Å². The van der Waals surface area contributed by atoms with Crippen molar-refractivity contribution in [3.63, 3.8) is 0 Å². The van der Waals surface area contributed by atoms with Gasteiger partial charge in [0.05, 0.1) is 7.11 Å². The van der Waals surface area contributed by atoms with Crippen molar-refractivity contribution in [1.82, 2.24) is 10.3 Å². The third-order valence-corrected chi connectivity index (χ3v) is 3.14. The van der Waals surface area contributed by atoms with E-state index in [9.17, 15) is 4.79 Å². The molecular formula is C14H18N2O3. The van der Waals surface area contributed by atoms with E-state index in [1.807, 2.05) is 25.1 Å². The minimum absolute atomic E-state index is 0.213. The molecule has 0 aliphatic rings. The van der Waals surface area contributed by atoms with Gasteiger partial charge in [0.2, 0.25) is 0 Å². The lowest BCUT2D eigenvalue weighted by atomic mass is 9.84. The molecule has 0 saturated heterocycles. The van der Waals surface area contributed by atoms with E-state index in [0.29, 0.717) is 12.4 Å². The molecule has 0 radical (unpaired) electrons. The Morgan fingerprint density at radius 1 is 1.47 bits per heavy atom. The number of nitrogens with zero attached hydrogens (tertiary/aromatic N) is 1. The number of methoxy groups -OCH3 is 1. The van der Waals surface area contributed by atoms with Crippen LogP contribution in [0.1, 0.15) is 25.3 Å². The summed E-state index contributed by atoms with van der Waals surface area (Å²) in [7, 11) is 1.35. The highest BCUT2D eigenvalue weighted by atomic mass is 16.5. The first-order chi connectivity index (χ1) is 8.92. The van der Waals surface area contributed by atoms with E-state index in [4.69, 9.17) is 4.42 Å². The quantitative estimate of drug-likeness (QED) is 0.923. The predicted molar refractivity (Wildman–Crippen MR) is 72.2 cm³/mol. The molecule has 5 nitrogen and oxygen atoms in total. The molecule has 102 valence electrons. The maximum Gasteiger partial charge on any atom is 0.406 e. The van der Waals surface area contributed by atoms with Crippen molar-refractivity contribution in [2.45, 2.75) is 26.2 Å². The van der Waals surface area contributed by atoms with Gasteiger partial charge in [-0.2, -0.15) is 0 Å². The summed E-state index contributed by atoms with van der Waals surface area (Å²) in [6.45, 7) is 6.42. The standard InChI is InChI=1S/C14H18N2O3/c1-9-16-11-7-10(5-6-12(11)19-9)14(2,3)8-15-13(17)18-4/h5-7H,8H2,1-4H3,(H,15,17). The molecule has 0 atom stereocenters. The molecule has 1 aromatic carbocycles. The average Bonchev–Trinajstić information content (AvgIpc) is 2.74. The third-order valence-electron chi connectivity index (χ3n) is 3.14. The Morgan fingerprint density at radius 3 is 2.89 bits per heavy atom. The van der Waals surface area contributed by atoms with Crippen LogP contribution >= 0.6 is 0 Å². The first-order valence-corrected chi connectivity index (χ1v) is 6.12. The van der Waals surface area contributed by atoms with Crippen LogP contribution in [0.25, 0.3) is 11.1 Å². The molecule has 1 N–H and O–H groups in total. The Bertz CT molecular complexity index is 602. The first kappa shape index (κ1) is 13.4. The maximum atomic E-state index is 11.1. The lowest BCUT2D eigenvalue weighted by molar-refractivity contribution is 0.168. The van der Waals surface area contributed by atoms with Gasteiger partial charge in [-0.15, -0.1) is 0 Å². The van der Waals surface area contributed by atoms with Gasteiger partial charge in [0.1, 0.15) is 5.52 Å². The fourth-order valence-electron chi connectivity index (χ4n) is 1.93. The van der Waals surface area contributed by atoms with Crippen molar-refractivity contribution >= 4 is 17.2 Å². The lowest BCUT2D eigenvalue weighted by Gasteiger charge is -2.25. The van der Waals surface area contributed by atoms with Crippen LogP contribution < -0.4 is 5.32 Å². The predicted octanol–water partition coefficient (Wildman–Crippen LogP) is 2.77. The van der Waals surface area contributed by atoms with Gasteiger partial charge in [0.15, 0.2) is 11.5 Å². The van der Waals surface area contributed by atoms with E-state index < -0.39 is 6.09 Å². The van der Waals surface area contributed by atoms with Crippen molar-refractivity contribution in [2.75, 3.05) is 13.7 Å². The molecule has 19 heavy (non-hydrogen) atoms. The summed E-state index contributed by atoms with van der Waals surface area (Å²) in [6.07, 6.45) is -0.425. The number of oxazole rings is 1. The van der Waals surface area contributed by atoms with Crippen molar-refractivity contribution in [1.29, 1.82) is 0 Å². The zero-order valence-electron chi connectivity index (χ0n) is 11.6. The van der Waals surface area contributed by atoms with E-state index >= 15 is 0 Å². The summed E-state index contributed by atoms with van der Waals surface area (Å²) in [4.78, 5) is 15.5. The number of ether oxygens (including phenoxy) is 1. The summed E-state index contributed by atoms with van der Waals surface area (Å²) >= 11 is 0. The van der Waals surface area contributed by atoms with E-state index in [1.54, 1.807) is 0 Å². The molecule has 0 spiro atoms. The highest BCUT2D eigenvalue weighted by Crippen LogP contribution is 2.26. The van der Waals surface area contributed by atoms with Crippen LogP contribution in [0.15, 0.2) is 22.6 Å². The second-order valence-corrected chi connectivity index (χ2v) is 5.14. The number of hydrogen-bond acceptors (Lipinski definition) is 4. The highest BCUT2D eigenvalue weighted by Gasteiger charge is 2.22. The Hall–Kier alpha value is -2.04. The number of aromatic nitrogens is 1. The molecule has 0 aliphatic heterocycles. The van der Waals surface area contributed by atoms with Crippen LogP contribution in [0.3, 0.4) is 0 Å². The number of amides is 1. The van der Waals surface area contributed by atoms with Gasteiger partial charge < -0.3 is 14.5 Å². The number of benzene rings is 1. The molecule has 0 bridgehead atoms. The van der Waals surface area contributed by atoms with Crippen LogP contribution in [0.5, 0.6) is 0 Å². The van der Waals surface area contributed by atoms with Crippen LogP contribution in [0, 0.1) is 6.92 Å². The molecule has 1 amide bonds. The summed E-state index contributed by atoms with van der Waals surface area (Å²) < 4.78 is 10.0.